The Bertz CT molecular complexity index is 490. The van der Waals surface area contributed by atoms with Crippen molar-refractivity contribution in [2.45, 2.75) is 31.3 Å². The van der Waals surface area contributed by atoms with E-state index in [2.05, 4.69) is 4.90 Å². The molecule has 2 N–H and O–H groups in total. The van der Waals surface area contributed by atoms with Gasteiger partial charge in [-0.05, 0) is 57.5 Å². The van der Waals surface area contributed by atoms with Crippen molar-refractivity contribution in [3.8, 4) is 5.75 Å². The first-order valence-electron chi connectivity index (χ1n) is 7.74. The topological polar surface area (TPSA) is 70.0 Å². The van der Waals surface area contributed by atoms with Gasteiger partial charge >= 0.3 is 5.97 Å². The maximum atomic E-state index is 11.0. The van der Waals surface area contributed by atoms with Gasteiger partial charge in [-0.25, -0.2) is 0 Å². The normalized spacial score (nSPS) is 25.2. The summed E-state index contributed by atoms with van der Waals surface area (Å²) < 4.78 is 5.64. The average molecular weight is 307 g/mol. The van der Waals surface area contributed by atoms with E-state index in [1.165, 1.54) is 0 Å². The van der Waals surface area contributed by atoms with Gasteiger partial charge in [0.25, 0.3) is 0 Å². The van der Waals surface area contributed by atoms with Gasteiger partial charge in [-0.3, -0.25) is 4.79 Å². The predicted molar refractivity (Wildman–Crippen MR) is 84.0 cm³/mol. The first-order valence-corrected chi connectivity index (χ1v) is 7.74. The predicted octanol–water partition coefficient (Wildman–Crippen LogP) is 2.09. The van der Waals surface area contributed by atoms with E-state index in [9.17, 15) is 9.90 Å². The van der Waals surface area contributed by atoms with Crippen LogP contribution >= 0.6 is 0 Å². The highest BCUT2D eigenvalue weighted by molar-refractivity contribution is 5.70. The van der Waals surface area contributed by atoms with Crippen molar-refractivity contribution in [2.75, 3.05) is 27.2 Å². The van der Waals surface area contributed by atoms with Gasteiger partial charge < -0.3 is 19.8 Å². The Morgan fingerprint density at radius 2 is 1.86 bits per heavy atom. The summed E-state index contributed by atoms with van der Waals surface area (Å²) in [5.41, 5.74) is -0.0648. The smallest absolute Gasteiger partial charge is 0.306 e. The van der Waals surface area contributed by atoms with Crippen LogP contribution in [0.2, 0.25) is 0 Å². The van der Waals surface area contributed by atoms with Gasteiger partial charge in [0.15, 0.2) is 0 Å². The van der Waals surface area contributed by atoms with Gasteiger partial charge in [-0.1, -0.05) is 12.1 Å². The van der Waals surface area contributed by atoms with Crippen LogP contribution in [0.25, 0.3) is 0 Å². The fourth-order valence-corrected chi connectivity index (χ4v) is 2.84. The van der Waals surface area contributed by atoms with E-state index in [-0.39, 0.29) is 5.92 Å². The van der Waals surface area contributed by atoms with Crippen LogP contribution in [0.4, 0.5) is 0 Å². The molecule has 0 unspecified atom stereocenters. The Balaban J connectivity index is 1.94. The van der Waals surface area contributed by atoms with E-state index in [4.69, 9.17) is 9.84 Å². The van der Waals surface area contributed by atoms with E-state index < -0.39 is 11.6 Å². The highest BCUT2D eigenvalue weighted by Crippen LogP contribution is 2.39. The van der Waals surface area contributed by atoms with Crippen LogP contribution in [0.15, 0.2) is 24.3 Å². The first kappa shape index (κ1) is 16.8. The van der Waals surface area contributed by atoms with Crippen LogP contribution in [0.3, 0.4) is 0 Å². The second kappa shape index (κ2) is 7.11. The van der Waals surface area contributed by atoms with Crippen LogP contribution in [0, 0.1) is 5.92 Å². The third-order valence-electron chi connectivity index (χ3n) is 4.36. The molecular formula is C17H25NO4. The molecule has 0 saturated heterocycles. The summed E-state index contributed by atoms with van der Waals surface area (Å²) >= 11 is 0. The second-order valence-electron chi connectivity index (χ2n) is 6.32. The second-order valence-corrected chi connectivity index (χ2v) is 6.32. The van der Waals surface area contributed by atoms with Gasteiger partial charge in [-0.15, -0.1) is 0 Å². The van der Waals surface area contributed by atoms with Crippen molar-refractivity contribution < 1.29 is 19.7 Å². The lowest BCUT2D eigenvalue weighted by atomic mass is 9.75. The Kier molecular flexibility index (Phi) is 5.42. The molecule has 5 heteroatoms. The lowest BCUT2D eigenvalue weighted by Gasteiger charge is -2.35. The molecule has 0 bridgehead atoms. The number of carboxylic acid groups (broad SMARTS) is 1. The summed E-state index contributed by atoms with van der Waals surface area (Å²) in [5, 5.41) is 19.8. The highest BCUT2D eigenvalue weighted by atomic mass is 16.5. The van der Waals surface area contributed by atoms with Crippen molar-refractivity contribution in [2.24, 2.45) is 5.92 Å². The summed E-state index contributed by atoms with van der Waals surface area (Å²) in [6.07, 6.45) is 2.02. The number of carboxylic acids is 1. The lowest BCUT2D eigenvalue weighted by Crippen LogP contribution is -2.33. The number of rotatable bonds is 6. The molecule has 122 valence electrons. The molecule has 0 aromatic heterocycles. The minimum absolute atomic E-state index is 0.325. The lowest BCUT2D eigenvalue weighted by molar-refractivity contribution is -0.145. The summed E-state index contributed by atoms with van der Waals surface area (Å²) in [4.78, 5) is 13.0. The molecule has 1 fully saturated rings. The van der Waals surface area contributed by atoms with Crippen molar-refractivity contribution in [3.05, 3.63) is 29.8 Å². The van der Waals surface area contributed by atoms with E-state index in [1.807, 2.05) is 38.4 Å². The molecule has 0 aliphatic heterocycles. The highest BCUT2D eigenvalue weighted by Gasteiger charge is 2.36. The van der Waals surface area contributed by atoms with Gasteiger partial charge in [0.1, 0.15) is 12.4 Å². The third-order valence-corrected chi connectivity index (χ3v) is 4.36. The molecule has 0 spiro atoms. The van der Waals surface area contributed by atoms with Gasteiger partial charge in [0.05, 0.1) is 11.5 Å². The number of hydrogen-bond donors (Lipinski definition) is 2. The standard InChI is InChI=1S/C17H25NO4/c1-18(2)11-12-22-15-5-3-14(4-6-15)17(21)9-7-13(8-10-17)16(19)20/h3-6,13,21H,7-12H2,1-2H3,(H,19,20). The van der Waals surface area contributed by atoms with Crippen molar-refractivity contribution in [1.82, 2.24) is 4.90 Å². The van der Waals surface area contributed by atoms with Crippen LogP contribution in [0.1, 0.15) is 31.2 Å². The molecule has 5 nitrogen and oxygen atoms in total. The summed E-state index contributed by atoms with van der Waals surface area (Å²) in [6, 6.07) is 7.50. The molecule has 1 aromatic rings. The Labute approximate surface area is 131 Å². The molecule has 1 aliphatic carbocycles. The molecular weight excluding hydrogens is 282 g/mol. The molecule has 2 rings (SSSR count). The Hall–Kier alpha value is -1.59. The molecule has 1 saturated carbocycles. The van der Waals surface area contributed by atoms with Gasteiger partial charge in [-0.2, -0.15) is 0 Å². The van der Waals surface area contributed by atoms with E-state index in [0.717, 1.165) is 17.9 Å². The molecule has 0 atom stereocenters. The maximum Gasteiger partial charge on any atom is 0.306 e. The molecule has 0 radical (unpaired) electrons. The number of benzene rings is 1. The monoisotopic (exact) mass is 307 g/mol. The van der Waals surface area contributed by atoms with Gasteiger partial charge in [0.2, 0.25) is 0 Å². The zero-order chi connectivity index (χ0) is 16.2. The molecule has 0 heterocycles. The Morgan fingerprint density at radius 3 is 2.36 bits per heavy atom. The minimum Gasteiger partial charge on any atom is -0.492 e. The minimum atomic E-state index is -0.909. The van der Waals surface area contributed by atoms with Crippen LogP contribution in [0.5, 0.6) is 5.75 Å². The molecule has 1 aromatic carbocycles. The van der Waals surface area contributed by atoms with Crippen LogP contribution in [-0.2, 0) is 10.4 Å². The van der Waals surface area contributed by atoms with Gasteiger partial charge in [0, 0.05) is 6.54 Å². The fourth-order valence-electron chi connectivity index (χ4n) is 2.84. The number of aliphatic hydroxyl groups is 1. The largest absolute Gasteiger partial charge is 0.492 e. The SMILES string of the molecule is CN(C)CCOc1ccc(C2(O)CCC(C(=O)O)CC2)cc1. The van der Waals surface area contributed by atoms with E-state index >= 15 is 0 Å². The van der Waals surface area contributed by atoms with Crippen LogP contribution in [-0.4, -0.2) is 48.3 Å². The summed E-state index contributed by atoms with van der Waals surface area (Å²) in [7, 11) is 3.99. The first-order chi connectivity index (χ1) is 10.4. The number of hydrogen-bond acceptors (Lipinski definition) is 4. The van der Waals surface area contributed by atoms with Crippen molar-refractivity contribution >= 4 is 5.97 Å². The molecule has 0 amide bonds. The molecule has 1 aliphatic rings. The number of ether oxygens (including phenoxy) is 1. The Morgan fingerprint density at radius 1 is 1.27 bits per heavy atom. The fraction of sp³-hybridized carbons (Fsp3) is 0.588. The number of aliphatic carboxylic acids is 1. The van der Waals surface area contributed by atoms with E-state index in [0.29, 0.717) is 32.3 Å². The number of carbonyl (C=O) groups is 1. The van der Waals surface area contributed by atoms with Crippen LogP contribution < -0.4 is 4.74 Å². The quantitative estimate of drug-likeness (QED) is 0.842. The average Bonchev–Trinajstić information content (AvgIpc) is 2.48. The zero-order valence-corrected chi connectivity index (χ0v) is 13.3. The maximum absolute atomic E-state index is 11.0. The van der Waals surface area contributed by atoms with E-state index in [1.54, 1.807) is 0 Å². The summed E-state index contributed by atoms with van der Waals surface area (Å²) in [6.45, 7) is 1.47. The van der Waals surface area contributed by atoms with Crippen molar-refractivity contribution in [3.63, 3.8) is 0 Å². The summed E-state index contributed by atoms with van der Waals surface area (Å²) in [5.74, 6) is -0.297. The molecule has 22 heavy (non-hydrogen) atoms. The number of nitrogens with zero attached hydrogens (tertiary/aromatic N) is 1. The van der Waals surface area contributed by atoms with Crippen molar-refractivity contribution in [1.29, 1.82) is 0 Å². The third kappa shape index (κ3) is 4.21. The number of likely N-dealkylation sites (N-methyl/N-ethyl adjacent to an activating group) is 1. The zero-order valence-electron chi connectivity index (χ0n) is 13.3.